The third-order valence-corrected chi connectivity index (χ3v) is 4.89. The highest BCUT2D eigenvalue weighted by Gasteiger charge is 2.15. The molecule has 0 aliphatic rings. The Labute approximate surface area is 145 Å². The van der Waals surface area contributed by atoms with Gasteiger partial charge >= 0.3 is 0 Å². The third-order valence-electron chi connectivity index (χ3n) is 2.77. The monoisotopic (exact) mass is 437 g/mol. The SMILES string of the molecule is COc1cc(I)c(C(=O)NCc2ccc(Cl)s2)cc1OC. The number of hydrogen-bond donors (Lipinski definition) is 1. The van der Waals surface area contributed by atoms with Gasteiger partial charge in [-0.2, -0.15) is 0 Å². The number of benzene rings is 1. The highest BCUT2D eigenvalue weighted by Crippen LogP contribution is 2.31. The van der Waals surface area contributed by atoms with E-state index < -0.39 is 0 Å². The molecular weight excluding hydrogens is 425 g/mol. The second-order valence-electron chi connectivity index (χ2n) is 4.08. The molecular formula is C14H13ClINO3S. The topological polar surface area (TPSA) is 47.6 Å². The van der Waals surface area contributed by atoms with Crippen molar-refractivity contribution < 1.29 is 14.3 Å². The molecule has 0 bridgehead atoms. The molecule has 21 heavy (non-hydrogen) atoms. The minimum absolute atomic E-state index is 0.162. The Bertz CT molecular complexity index is 660. The van der Waals surface area contributed by atoms with Gasteiger partial charge in [0.15, 0.2) is 11.5 Å². The lowest BCUT2D eigenvalue weighted by Gasteiger charge is -2.11. The summed E-state index contributed by atoms with van der Waals surface area (Å²) in [6.07, 6.45) is 0. The van der Waals surface area contributed by atoms with Crippen LogP contribution in [0.25, 0.3) is 0 Å². The summed E-state index contributed by atoms with van der Waals surface area (Å²) in [5, 5.41) is 2.87. The average Bonchev–Trinajstić information content (AvgIpc) is 2.90. The molecule has 0 spiro atoms. The van der Waals surface area contributed by atoms with Crippen LogP contribution in [0, 0.1) is 3.57 Å². The number of carbonyl (C=O) groups is 1. The van der Waals surface area contributed by atoms with Crippen molar-refractivity contribution >= 4 is 51.4 Å². The quantitative estimate of drug-likeness (QED) is 0.721. The smallest absolute Gasteiger partial charge is 0.252 e. The molecule has 2 rings (SSSR count). The van der Waals surface area contributed by atoms with Crippen LogP contribution >= 0.6 is 45.5 Å². The first-order valence-corrected chi connectivity index (χ1v) is 8.26. The molecule has 7 heteroatoms. The molecule has 0 radical (unpaired) electrons. The Hall–Kier alpha value is -0.990. The zero-order chi connectivity index (χ0) is 15.4. The van der Waals surface area contributed by atoms with E-state index in [0.29, 0.717) is 27.9 Å². The van der Waals surface area contributed by atoms with Gasteiger partial charge in [-0.05, 0) is 46.9 Å². The summed E-state index contributed by atoms with van der Waals surface area (Å²) in [5.41, 5.74) is 0.552. The number of thiophene rings is 1. The van der Waals surface area contributed by atoms with Gasteiger partial charge in [-0.3, -0.25) is 4.79 Å². The fourth-order valence-corrected chi connectivity index (χ4v) is 3.45. The Balaban J connectivity index is 2.15. The van der Waals surface area contributed by atoms with Crippen LogP contribution in [0.4, 0.5) is 0 Å². The van der Waals surface area contributed by atoms with E-state index in [9.17, 15) is 4.79 Å². The molecule has 1 aromatic heterocycles. The van der Waals surface area contributed by atoms with Gasteiger partial charge in [0.2, 0.25) is 0 Å². The summed E-state index contributed by atoms with van der Waals surface area (Å²) in [6.45, 7) is 0.445. The maximum atomic E-state index is 12.3. The largest absolute Gasteiger partial charge is 0.493 e. The zero-order valence-electron chi connectivity index (χ0n) is 11.4. The van der Waals surface area contributed by atoms with E-state index in [1.54, 1.807) is 26.4 Å². The number of halogens is 2. The highest BCUT2D eigenvalue weighted by molar-refractivity contribution is 14.1. The number of methoxy groups -OCH3 is 2. The second-order valence-corrected chi connectivity index (χ2v) is 7.04. The van der Waals surface area contributed by atoms with Gasteiger partial charge in [-0.15, -0.1) is 11.3 Å². The minimum Gasteiger partial charge on any atom is -0.493 e. The molecule has 0 aliphatic heterocycles. The van der Waals surface area contributed by atoms with E-state index in [0.717, 1.165) is 8.45 Å². The van der Waals surface area contributed by atoms with Crippen LogP contribution in [0.3, 0.4) is 0 Å². The van der Waals surface area contributed by atoms with Gasteiger partial charge in [0.25, 0.3) is 5.91 Å². The number of amides is 1. The summed E-state index contributed by atoms with van der Waals surface area (Å²) >= 11 is 9.41. The predicted molar refractivity (Wildman–Crippen MR) is 92.8 cm³/mol. The first kappa shape index (κ1) is 16.4. The predicted octanol–water partition coefficient (Wildman–Crippen LogP) is 3.95. The molecule has 2 aromatic rings. The molecule has 1 amide bonds. The molecule has 1 heterocycles. The van der Waals surface area contributed by atoms with Crippen molar-refractivity contribution in [2.75, 3.05) is 14.2 Å². The second kappa shape index (κ2) is 7.33. The standard InChI is InChI=1S/C14H13ClINO3S/c1-19-11-5-9(10(16)6-12(11)20-2)14(18)17-7-8-3-4-13(15)21-8/h3-6H,7H2,1-2H3,(H,17,18). The summed E-state index contributed by atoms with van der Waals surface area (Å²) in [7, 11) is 3.11. The molecule has 0 fully saturated rings. The lowest BCUT2D eigenvalue weighted by molar-refractivity contribution is 0.0950. The van der Waals surface area contributed by atoms with E-state index in [2.05, 4.69) is 27.9 Å². The highest BCUT2D eigenvalue weighted by atomic mass is 127. The molecule has 112 valence electrons. The first-order valence-electron chi connectivity index (χ1n) is 5.99. The molecule has 1 N–H and O–H groups in total. The van der Waals surface area contributed by atoms with Crippen LogP contribution in [-0.4, -0.2) is 20.1 Å². The van der Waals surface area contributed by atoms with Crippen LogP contribution in [-0.2, 0) is 6.54 Å². The van der Waals surface area contributed by atoms with Crippen molar-refractivity contribution in [2.24, 2.45) is 0 Å². The number of carbonyl (C=O) groups excluding carboxylic acids is 1. The normalized spacial score (nSPS) is 10.3. The van der Waals surface area contributed by atoms with Crippen molar-refractivity contribution in [1.29, 1.82) is 0 Å². The Morgan fingerprint density at radius 2 is 1.95 bits per heavy atom. The molecule has 0 atom stereocenters. The van der Waals surface area contributed by atoms with Crippen molar-refractivity contribution in [3.05, 3.63) is 42.6 Å². The van der Waals surface area contributed by atoms with E-state index in [4.69, 9.17) is 21.1 Å². The lowest BCUT2D eigenvalue weighted by Crippen LogP contribution is -2.23. The molecule has 0 saturated carbocycles. The van der Waals surface area contributed by atoms with Crippen molar-refractivity contribution in [3.8, 4) is 11.5 Å². The number of ether oxygens (including phenoxy) is 2. The van der Waals surface area contributed by atoms with Crippen LogP contribution < -0.4 is 14.8 Å². The third kappa shape index (κ3) is 4.02. The van der Waals surface area contributed by atoms with Crippen molar-refractivity contribution in [1.82, 2.24) is 5.32 Å². The van der Waals surface area contributed by atoms with Gasteiger partial charge in [-0.25, -0.2) is 0 Å². The Morgan fingerprint density at radius 1 is 1.29 bits per heavy atom. The van der Waals surface area contributed by atoms with Crippen LogP contribution in [0.5, 0.6) is 11.5 Å². The van der Waals surface area contributed by atoms with Crippen molar-refractivity contribution in [2.45, 2.75) is 6.54 Å². The number of hydrogen-bond acceptors (Lipinski definition) is 4. The molecule has 0 aliphatic carbocycles. The molecule has 4 nitrogen and oxygen atoms in total. The van der Waals surface area contributed by atoms with Gasteiger partial charge in [0, 0.05) is 8.45 Å². The van der Waals surface area contributed by atoms with E-state index in [1.807, 2.05) is 12.1 Å². The fourth-order valence-electron chi connectivity index (χ4n) is 1.74. The van der Waals surface area contributed by atoms with E-state index in [1.165, 1.54) is 11.3 Å². The van der Waals surface area contributed by atoms with E-state index >= 15 is 0 Å². The number of rotatable bonds is 5. The first-order chi connectivity index (χ1) is 10.0. The lowest BCUT2D eigenvalue weighted by atomic mass is 10.2. The summed E-state index contributed by atoms with van der Waals surface area (Å²) < 4.78 is 11.9. The number of nitrogens with one attached hydrogen (secondary N) is 1. The van der Waals surface area contributed by atoms with Gasteiger partial charge < -0.3 is 14.8 Å². The van der Waals surface area contributed by atoms with Crippen LogP contribution in [0.15, 0.2) is 24.3 Å². The van der Waals surface area contributed by atoms with Crippen LogP contribution in [0.1, 0.15) is 15.2 Å². The minimum atomic E-state index is -0.162. The Kier molecular flexibility index (Phi) is 5.72. The summed E-state index contributed by atoms with van der Waals surface area (Å²) in [4.78, 5) is 13.3. The molecule has 1 aromatic carbocycles. The van der Waals surface area contributed by atoms with Gasteiger partial charge in [0.1, 0.15) is 0 Å². The van der Waals surface area contributed by atoms with Gasteiger partial charge in [-0.1, -0.05) is 11.6 Å². The average molecular weight is 438 g/mol. The summed E-state index contributed by atoms with van der Waals surface area (Å²) in [5.74, 6) is 0.968. The maximum Gasteiger partial charge on any atom is 0.252 e. The van der Waals surface area contributed by atoms with Crippen molar-refractivity contribution in [3.63, 3.8) is 0 Å². The summed E-state index contributed by atoms with van der Waals surface area (Å²) in [6, 6.07) is 7.16. The van der Waals surface area contributed by atoms with Crippen LogP contribution in [0.2, 0.25) is 4.34 Å². The molecule has 0 unspecified atom stereocenters. The van der Waals surface area contributed by atoms with Gasteiger partial charge in [0.05, 0.1) is 30.7 Å². The fraction of sp³-hybridized carbons (Fsp3) is 0.214. The van der Waals surface area contributed by atoms with E-state index in [-0.39, 0.29) is 5.91 Å². The maximum absolute atomic E-state index is 12.3. The molecule has 0 saturated heterocycles. The Morgan fingerprint density at radius 3 is 2.52 bits per heavy atom. The zero-order valence-corrected chi connectivity index (χ0v) is 15.1.